The molecule has 206 valence electrons. The fourth-order valence-corrected chi connectivity index (χ4v) is 4.70. The molecule has 1 atom stereocenters. The number of ether oxygens (including phenoxy) is 1. The number of anilines is 1. The average Bonchev–Trinajstić information content (AvgIpc) is 2.85. The highest BCUT2D eigenvalue weighted by Gasteiger charge is 2.24. The molecule has 4 rings (SSSR count). The molecule has 11 nitrogen and oxygen atoms in total. The minimum absolute atomic E-state index is 0.121. The van der Waals surface area contributed by atoms with Crippen LogP contribution in [-0.2, 0) is 11.3 Å². The zero-order chi connectivity index (χ0) is 27.3. The van der Waals surface area contributed by atoms with Gasteiger partial charge >= 0.3 is 17.8 Å². The van der Waals surface area contributed by atoms with E-state index in [1.54, 1.807) is 17.2 Å². The van der Waals surface area contributed by atoms with Crippen molar-refractivity contribution in [2.75, 3.05) is 38.0 Å². The largest absolute Gasteiger partial charge is 0.444 e. The third-order valence-corrected chi connectivity index (χ3v) is 6.62. The monoisotopic (exact) mass is 525 g/mol. The van der Waals surface area contributed by atoms with Crippen LogP contribution in [0.5, 0.6) is 0 Å². The Morgan fingerprint density at radius 3 is 2.45 bits per heavy atom. The predicted molar refractivity (Wildman–Crippen MR) is 146 cm³/mol. The SMILES string of the molecule is C[C@@H]1CN(C(=O)Nc2ccn(-c3ccc(CN4CCC(NC(=O)OC(C)(C)C)CC4)cc3)c(=O)n2)CCN1. The molecule has 0 unspecified atom stereocenters. The molecule has 0 spiro atoms. The van der Waals surface area contributed by atoms with E-state index in [0.29, 0.717) is 18.8 Å². The Morgan fingerprint density at radius 1 is 1.11 bits per heavy atom. The van der Waals surface area contributed by atoms with Crippen molar-refractivity contribution in [2.45, 2.75) is 64.8 Å². The average molecular weight is 526 g/mol. The lowest BCUT2D eigenvalue weighted by molar-refractivity contribution is 0.0477. The van der Waals surface area contributed by atoms with Crippen molar-refractivity contribution in [3.05, 3.63) is 52.6 Å². The fourth-order valence-electron chi connectivity index (χ4n) is 4.70. The molecule has 0 saturated carbocycles. The van der Waals surface area contributed by atoms with Gasteiger partial charge in [0, 0.05) is 57.5 Å². The van der Waals surface area contributed by atoms with Gasteiger partial charge in [0.25, 0.3) is 0 Å². The second kappa shape index (κ2) is 12.0. The summed E-state index contributed by atoms with van der Waals surface area (Å²) in [6.07, 6.45) is 3.01. The number of nitrogens with one attached hydrogen (secondary N) is 3. The van der Waals surface area contributed by atoms with E-state index in [1.165, 1.54) is 4.57 Å². The molecular formula is C27H39N7O4. The van der Waals surface area contributed by atoms with Crippen LogP contribution >= 0.6 is 0 Å². The van der Waals surface area contributed by atoms with E-state index in [2.05, 4.69) is 25.8 Å². The van der Waals surface area contributed by atoms with Crippen molar-refractivity contribution < 1.29 is 14.3 Å². The first-order chi connectivity index (χ1) is 18.1. The first kappa shape index (κ1) is 27.6. The summed E-state index contributed by atoms with van der Waals surface area (Å²) >= 11 is 0. The molecule has 2 aliphatic heterocycles. The number of hydrogen-bond acceptors (Lipinski definition) is 7. The molecule has 0 bridgehead atoms. The summed E-state index contributed by atoms with van der Waals surface area (Å²) in [5.74, 6) is 0.239. The van der Waals surface area contributed by atoms with Crippen LogP contribution in [-0.4, -0.2) is 81.9 Å². The van der Waals surface area contributed by atoms with Crippen molar-refractivity contribution in [2.24, 2.45) is 0 Å². The van der Waals surface area contributed by atoms with Gasteiger partial charge in [0.15, 0.2) is 0 Å². The number of carbonyl (C=O) groups is 2. The maximum absolute atomic E-state index is 12.7. The van der Waals surface area contributed by atoms with E-state index >= 15 is 0 Å². The molecule has 2 saturated heterocycles. The lowest BCUT2D eigenvalue weighted by Gasteiger charge is -2.32. The summed E-state index contributed by atoms with van der Waals surface area (Å²) in [6.45, 7) is 12.1. The lowest BCUT2D eigenvalue weighted by Crippen LogP contribution is -2.52. The molecule has 0 radical (unpaired) electrons. The van der Waals surface area contributed by atoms with Gasteiger partial charge in [-0.05, 0) is 64.3 Å². The van der Waals surface area contributed by atoms with Crippen molar-refractivity contribution in [1.29, 1.82) is 0 Å². The maximum atomic E-state index is 12.7. The number of hydrogen-bond donors (Lipinski definition) is 3. The molecule has 1 aromatic carbocycles. The number of carbonyl (C=O) groups excluding carboxylic acids is 2. The van der Waals surface area contributed by atoms with Gasteiger partial charge in [-0.15, -0.1) is 0 Å². The summed E-state index contributed by atoms with van der Waals surface area (Å²) in [6, 6.07) is 9.54. The molecule has 11 heteroatoms. The zero-order valence-corrected chi connectivity index (χ0v) is 22.7. The zero-order valence-electron chi connectivity index (χ0n) is 22.7. The van der Waals surface area contributed by atoms with Crippen LogP contribution in [0.15, 0.2) is 41.3 Å². The predicted octanol–water partition coefficient (Wildman–Crippen LogP) is 2.55. The van der Waals surface area contributed by atoms with Crippen LogP contribution in [0.1, 0.15) is 46.1 Å². The summed E-state index contributed by atoms with van der Waals surface area (Å²) in [7, 11) is 0. The Kier molecular flexibility index (Phi) is 8.68. The third-order valence-electron chi connectivity index (χ3n) is 6.62. The minimum atomic E-state index is -0.500. The maximum Gasteiger partial charge on any atom is 0.407 e. The minimum Gasteiger partial charge on any atom is -0.444 e. The van der Waals surface area contributed by atoms with Crippen molar-refractivity contribution in [1.82, 2.24) is 30.0 Å². The van der Waals surface area contributed by atoms with Crippen LogP contribution in [0.2, 0.25) is 0 Å². The number of benzene rings is 1. The Morgan fingerprint density at radius 2 is 1.82 bits per heavy atom. The normalized spacial score (nSPS) is 19.2. The van der Waals surface area contributed by atoms with E-state index in [1.807, 2.05) is 52.0 Å². The van der Waals surface area contributed by atoms with Crippen LogP contribution in [0.3, 0.4) is 0 Å². The van der Waals surface area contributed by atoms with Crippen molar-refractivity contribution in [3.63, 3.8) is 0 Å². The molecular weight excluding hydrogens is 486 g/mol. The Balaban J connectivity index is 1.27. The Labute approximate surface area is 223 Å². The van der Waals surface area contributed by atoms with Crippen molar-refractivity contribution in [3.8, 4) is 5.69 Å². The van der Waals surface area contributed by atoms with E-state index < -0.39 is 11.3 Å². The molecule has 3 amide bonds. The molecule has 2 fully saturated rings. The fraction of sp³-hybridized carbons (Fsp3) is 0.556. The highest BCUT2D eigenvalue weighted by Crippen LogP contribution is 2.17. The first-order valence-electron chi connectivity index (χ1n) is 13.3. The van der Waals surface area contributed by atoms with Gasteiger partial charge in [-0.1, -0.05) is 12.1 Å². The van der Waals surface area contributed by atoms with Crippen LogP contribution in [0.25, 0.3) is 5.69 Å². The molecule has 0 aliphatic carbocycles. The topological polar surface area (TPSA) is 121 Å². The highest BCUT2D eigenvalue weighted by atomic mass is 16.6. The molecule has 3 N–H and O–H groups in total. The second-order valence-electron chi connectivity index (χ2n) is 11.1. The quantitative estimate of drug-likeness (QED) is 0.549. The summed E-state index contributed by atoms with van der Waals surface area (Å²) in [5, 5.41) is 8.99. The summed E-state index contributed by atoms with van der Waals surface area (Å²) in [5.41, 5.74) is 0.895. The van der Waals surface area contributed by atoms with E-state index in [9.17, 15) is 14.4 Å². The molecule has 38 heavy (non-hydrogen) atoms. The molecule has 3 heterocycles. The summed E-state index contributed by atoms with van der Waals surface area (Å²) < 4.78 is 6.81. The molecule has 2 aromatic rings. The number of likely N-dealkylation sites (tertiary alicyclic amines) is 1. The van der Waals surface area contributed by atoms with Gasteiger partial charge in [0.2, 0.25) is 0 Å². The number of aromatic nitrogens is 2. The van der Waals surface area contributed by atoms with E-state index in [4.69, 9.17) is 4.74 Å². The van der Waals surface area contributed by atoms with E-state index in [-0.39, 0.29) is 30.0 Å². The van der Waals surface area contributed by atoms with Gasteiger partial charge in [-0.3, -0.25) is 14.8 Å². The number of amides is 3. The number of alkyl carbamates (subject to hydrolysis) is 1. The van der Waals surface area contributed by atoms with Crippen LogP contribution in [0, 0.1) is 0 Å². The van der Waals surface area contributed by atoms with Gasteiger partial charge in [-0.25, -0.2) is 14.4 Å². The first-order valence-corrected chi connectivity index (χ1v) is 13.3. The van der Waals surface area contributed by atoms with Gasteiger partial charge < -0.3 is 20.3 Å². The van der Waals surface area contributed by atoms with E-state index in [0.717, 1.165) is 44.6 Å². The van der Waals surface area contributed by atoms with Gasteiger partial charge in [0.05, 0.1) is 5.69 Å². The number of urea groups is 1. The number of piperidine rings is 1. The number of nitrogens with zero attached hydrogens (tertiary/aromatic N) is 4. The molecule has 2 aliphatic rings. The summed E-state index contributed by atoms with van der Waals surface area (Å²) in [4.78, 5) is 45.3. The van der Waals surface area contributed by atoms with Crippen LogP contribution in [0.4, 0.5) is 15.4 Å². The van der Waals surface area contributed by atoms with Gasteiger partial charge in [0.1, 0.15) is 11.4 Å². The van der Waals surface area contributed by atoms with Crippen LogP contribution < -0.4 is 21.6 Å². The highest BCUT2D eigenvalue weighted by molar-refractivity contribution is 5.88. The second-order valence-corrected chi connectivity index (χ2v) is 11.1. The standard InChI is InChI=1S/C27H39N7O4/c1-19-17-33(16-12-28-19)24(35)30-23-11-15-34(25(36)31-23)22-7-5-20(6-8-22)18-32-13-9-21(10-14-32)29-26(37)38-27(2,3)4/h5-8,11,15,19,21,28H,9-10,12-14,16-18H2,1-4H3,(H,29,37)(H,30,31,35,36)/t19-/m1/s1. The Bertz CT molecular complexity index is 1170. The third kappa shape index (κ3) is 7.78. The number of rotatable bonds is 5. The smallest absolute Gasteiger partial charge is 0.407 e. The van der Waals surface area contributed by atoms with Gasteiger partial charge in [-0.2, -0.15) is 4.98 Å². The van der Waals surface area contributed by atoms with Crippen molar-refractivity contribution >= 4 is 17.9 Å². The molecule has 1 aromatic heterocycles. The lowest BCUT2D eigenvalue weighted by atomic mass is 10.0. The Hall–Kier alpha value is -3.44. The number of piperazine rings is 1.